The number of nitrogens with one attached hydrogen (secondary N) is 1. The second-order valence-corrected chi connectivity index (χ2v) is 7.47. The molecule has 0 aromatic rings. The zero-order valence-corrected chi connectivity index (χ0v) is 10.2. The van der Waals surface area contributed by atoms with Crippen LogP contribution in [0.1, 0.15) is 33.1 Å². The van der Waals surface area contributed by atoms with Gasteiger partial charge in [0.1, 0.15) is 0 Å². The molecule has 0 radical (unpaired) electrons. The van der Waals surface area contributed by atoms with Gasteiger partial charge in [0.2, 0.25) is 0 Å². The van der Waals surface area contributed by atoms with Crippen molar-refractivity contribution in [3.8, 4) is 0 Å². The van der Waals surface area contributed by atoms with E-state index in [1.54, 1.807) is 6.08 Å². The molecule has 3 nitrogen and oxygen atoms in total. The summed E-state index contributed by atoms with van der Waals surface area (Å²) in [6.45, 7) is 4.55. The molecule has 1 aliphatic carbocycles. The van der Waals surface area contributed by atoms with Crippen molar-refractivity contribution in [2.45, 2.75) is 45.2 Å². The molecule has 2 rings (SSSR count). The molecule has 0 bridgehead atoms. The van der Waals surface area contributed by atoms with E-state index in [0.717, 1.165) is 12.8 Å². The highest BCUT2D eigenvalue weighted by Crippen LogP contribution is 2.37. The molecule has 1 fully saturated rings. The van der Waals surface area contributed by atoms with Crippen molar-refractivity contribution in [3.63, 3.8) is 0 Å². The second kappa shape index (κ2) is 3.59. The number of hydrogen-bond donors (Lipinski definition) is 1. The van der Waals surface area contributed by atoms with E-state index >= 15 is 0 Å². The van der Waals surface area contributed by atoms with E-state index in [-0.39, 0.29) is 11.8 Å². The Bertz CT molecular complexity index is 370. The Kier molecular flexibility index (Phi) is 2.67. The fraction of sp³-hybridized carbons (Fsp3) is 0.818. The largest absolute Gasteiger partial charge is 0.307 e. The standard InChI is InChI=1S/C11H19NO2S/c1-11(2)5-3-9(7-11)12-10-4-6-15(13,14)8-10/h4,6,9-10,12H,3,5,7-8H2,1-2H3. The first-order valence-electron chi connectivity index (χ1n) is 5.53. The van der Waals surface area contributed by atoms with Crippen molar-refractivity contribution in [1.82, 2.24) is 5.32 Å². The predicted octanol–water partition coefficient (Wildman–Crippen LogP) is 1.47. The Labute approximate surface area is 91.9 Å². The summed E-state index contributed by atoms with van der Waals surface area (Å²) in [5, 5.41) is 4.76. The maximum atomic E-state index is 11.2. The van der Waals surface area contributed by atoms with Gasteiger partial charge < -0.3 is 5.32 Å². The summed E-state index contributed by atoms with van der Waals surface area (Å²) in [6.07, 6.45) is 5.32. The zero-order chi connectivity index (χ0) is 11.1. The molecule has 0 aromatic heterocycles. The molecule has 1 aliphatic heterocycles. The fourth-order valence-corrected chi connectivity index (χ4v) is 3.81. The minimum absolute atomic E-state index is 0.0360. The Morgan fingerprint density at radius 2 is 2.13 bits per heavy atom. The molecule has 0 saturated heterocycles. The summed E-state index contributed by atoms with van der Waals surface area (Å²) in [7, 11) is -2.91. The molecule has 0 aromatic carbocycles. The third-order valence-electron chi connectivity index (χ3n) is 3.35. The molecule has 1 saturated carbocycles. The molecule has 2 atom stereocenters. The third kappa shape index (κ3) is 2.82. The van der Waals surface area contributed by atoms with Crippen LogP contribution >= 0.6 is 0 Å². The van der Waals surface area contributed by atoms with Crippen LogP contribution in [-0.4, -0.2) is 26.3 Å². The first-order valence-corrected chi connectivity index (χ1v) is 7.25. The summed E-state index contributed by atoms with van der Waals surface area (Å²) in [5.41, 5.74) is 0.416. The topological polar surface area (TPSA) is 46.2 Å². The smallest absolute Gasteiger partial charge is 0.173 e. The predicted molar refractivity (Wildman–Crippen MR) is 61.3 cm³/mol. The SMILES string of the molecule is CC1(C)CCC(NC2C=CS(=O)(=O)C2)C1. The summed E-state index contributed by atoms with van der Waals surface area (Å²) >= 11 is 0. The monoisotopic (exact) mass is 229 g/mol. The molecule has 1 N–H and O–H groups in total. The van der Waals surface area contributed by atoms with Crippen LogP contribution in [0, 0.1) is 5.41 Å². The van der Waals surface area contributed by atoms with E-state index in [4.69, 9.17) is 0 Å². The third-order valence-corrected chi connectivity index (χ3v) is 4.74. The molecular formula is C11H19NO2S. The van der Waals surface area contributed by atoms with Gasteiger partial charge in [0.15, 0.2) is 9.84 Å². The van der Waals surface area contributed by atoms with E-state index in [1.165, 1.54) is 11.8 Å². The van der Waals surface area contributed by atoms with Crippen molar-refractivity contribution in [1.29, 1.82) is 0 Å². The minimum atomic E-state index is -2.91. The van der Waals surface area contributed by atoms with Crippen molar-refractivity contribution >= 4 is 9.84 Å². The van der Waals surface area contributed by atoms with Crippen LogP contribution in [0.5, 0.6) is 0 Å². The molecule has 0 amide bonds. The van der Waals surface area contributed by atoms with Crippen LogP contribution in [-0.2, 0) is 9.84 Å². The lowest BCUT2D eigenvalue weighted by atomic mass is 9.92. The molecule has 0 spiro atoms. The van der Waals surface area contributed by atoms with Gasteiger partial charge in [-0.2, -0.15) is 0 Å². The van der Waals surface area contributed by atoms with Gasteiger partial charge in [-0.3, -0.25) is 0 Å². The summed E-state index contributed by atoms with van der Waals surface area (Å²) < 4.78 is 22.4. The lowest BCUT2D eigenvalue weighted by Crippen LogP contribution is -2.37. The Morgan fingerprint density at radius 1 is 1.40 bits per heavy atom. The zero-order valence-electron chi connectivity index (χ0n) is 9.36. The van der Waals surface area contributed by atoms with Gasteiger partial charge in [-0.05, 0) is 24.7 Å². The van der Waals surface area contributed by atoms with Crippen LogP contribution < -0.4 is 5.32 Å². The van der Waals surface area contributed by atoms with Gasteiger partial charge in [-0.1, -0.05) is 19.9 Å². The number of sulfone groups is 1. The van der Waals surface area contributed by atoms with Crippen molar-refractivity contribution in [2.75, 3.05) is 5.75 Å². The van der Waals surface area contributed by atoms with Gasteiger partial charge in [0.05, 0.1) is 5.75 Å². The average molecular weight is 229 g/mol. The van der Waals surface area contributed by atoms with Gasteiger partial charge >= 0.3 is 0 Å². The number of rotatable bonds is 2. The van der Waals surface area contributed by atoms with Crippen molar-refractivity contribution < 1.29 is 8.42 Å². The molecule has 4 heteroatoms. The maximum absolute atomic E-state index is 11.2. The van der Waals surface area contributed by atoms with Crippen LogP contribution in [0.4, 0.5) is 0 Å². The molecule has 2 aliphatic rings. The van der Waals surface area contributed by atoms with Gasteiger partial charge in [-0.25, -0.2) is 8.42 Å². The highest BCUT2D eigenvalue weighted by atomic mass is 32.2. The van der Waals surface area contributed by atoms with Gasteiger partial charge in [0.25, 0.3) is 0 Å². The average Bonchev–Trinajstić information content (AvgIpc) is 2.56. The maximum Gasteiger partial charge on any atom is 0.173 e. The van der Waals surface area contributed by atoms with Crippen LogP contribution in [0.3, 0.4) is 0 Å². The van der Waals surface area contributed by atoms with E-state index < -0.39 is 9.84 Å². The first-order chi connectivity index (χ1) is 6.86. The summed E-state index contributed by atoms with van der Waals surface area (Å²) in [5.74, 6) is 0.240. The molecule has 86 valence electrons. The van der Waals surface area contributed by atoms with Crippen LogP contribution in [0.15, 0.2) is 11.5 Å². The number of hydrogen-bond acceptors (Lipinski definition) is 3. The highest BCUT2D eigenvalue weighted by Gasteiger charge is 2.33. The Balaban J connectivity index is 1.88. The van der Waals surface area contributed by atoms with Crippen LogP contribution in [0.25, 0.3) is 0 Å². The normalized spacial score (nSPS) is 37.2. The molecule has 15 heavy (non-hydrogen) atoms. The van der Waals surface area contributed by atoms with E-state index in [2.05, 4.69) is 19.2 Å². The summed E-state index contributed by atoms with van der Waals surface area (Å²) in [6, 6.07) is 0.525. The lowest BCUT2D eigenvalue weighted by Gasteiger charge is -2.20. The Hall–Kier alpha value is -0.350. The van der Waals surface area contributed by atoms with Crippen LogP contribution in [0.2, 0.25) is 0 Å². The highest BCUT2D eigenvalue weighted by molar-refractivity contribution is 7.94. The van der Waals surface area contributed by atoms with Crippen molar-refractivity contribution in [2.24, 2.45) is 5.41 Å². The van der Waals surface area contributed by atoms with Gasteiger partial charge in [0, 0.05) is 17.5 Å². The van der Waals surface area contributed by atoms with Crippen molar-refractivity contribution in [3.05, 3.63) is 11.5 Å². The van der Waals surface area contributed by atoms with E-state index in [1.807, 2.05) is 0 Å². The van der Waals surface area contributed by atoms with Gasteiger partial charge in [-0.15, -0.1) is 0 Å². The first kappa shape index (κ1) is 11.1. The molecular weight excluding hydrogens is 210 g/mol. The second-order valence-electron chi connectivity index (χ2n) is 5.54. The van der Waals surface area contributed by atoms with E-state index in [9.17, 15) is 8.42 Å². The molecule has 1 heterocycles. The molecule has 2 unspecified atom stereocenters. The summed E-state index contributed by atoms with van der Waals surface area (Å²) in [4.78, 5) is 0. The quantitative estimate of drug-likeness (QED) is 0.780. The Morgan fingerprint density at radius 3 is 2.60 bits per heavy atom. The minimum Gasteiger partial charge on any atom is -0.307 e. The lowest BCUT2D eigenvalue weighted by molar-refractivity contribution is 0.361. The van der Waals surface area contributed by atoms with E-state index in [0.29, 0.717) is 11.5 Å². The fourth-order valence-electron chi connectivity index (χ4n) is 2.56.